The van der Waals surface area contributed by atoms with Crippen LogP contribution in [0.1, 0.15) is 19.4 Å². The number of hydrogen-bond donors (Lipinski definition) is 3. The maximum Gasteiger partial charge on any atom is 0.322 e. The first kappa shape index (κ1) is 16.0. The topological polar surface area (TPSA) is 89.9 Å². The lowest BCUT2D eigenvalue weighted by molar-refractivity contribution is -0.136. The zero-order valence-corrected chi connectivity index (χ0v) is 11.9. The van der Waals surface area contributed by atoms with Crippen LogP contribution in [0.15, 0.2) is 24.3 Å². The van der Waals surface area contributed by atoms with E-state index in [1.54, 1.807) is 45.2 Å². The molecule has 1 rings (SSSR count). The van der Waals surface area contributed by atoms with Crippen LogP contribution in [0, 0.1) is 0 Å². The highest BCUT2D eigenvalue weighted by atomic mass is 16.4. The first-order valence-corrected chi connectivity index (χ1v) is 6.23. The molecule has 0 unspecified atom stereocenters. The van der Waals surface area contributed by atoms with Crippen molar-refractivity contribution in [3.63, 3.8) is 0 Å². The molecule has 0 aliphatic heterocycles. The molecule has 0 aromatic heterocycles. The molecule has 0 heterocycles. The lowest BCUT2D eigenvalue weighted by atomic mass is 10.1. The third-order valence-electron chi connectivity index (χ3n) is 3.20. The number of nitrogens with one attached hydrogen (secondary N) is 1. The van der Waals surface area contributed by atoms with Gasteiger partial charge in [-0.1, -0.05) is 18.2 Å². The number of para-hydroxylation sites is 1. The molecule has 0 radical (unpaired) electrons. The van der Waals surface area contributed by atoms with Crippen molar-refractivity contribution in [3.8, 4) is 0 Å². The average Bonchev–Trinajstić information content (AvgIpc) is 2.39. The molecular formula is C14H20N2O4. The van der Waals surface area contributed by atoms with Crippen LogP contribution >= 0.6 is 0 Å². The summed E-state index contributed by atoms with van der Waals surface area (Å²) in [6.45, 7) is 3.29. The number of nitrogens with zero attached hydrogens (tertiary/aromatic N) is 1. The lowest BCUT2D eigenvalue weighted by Crippen LogP contribution is -2.49. The molecule has 20 heavy (non-hydrogen) atoms. The van der Waals surface area contributed by atoms with E-state index in [9.17, 15) is 14.7 Å². The van der Waals surface area contributed by atoms with Crippen molar-refractivity contribution in [1.82, 2.24) is 4.90 Å². The molecule has 0 aliphatic rings. The van der Waals surface area contributed by atoms with Gasteiger partial charge in [0.1, 0.15) is 0 Å². The summed E-state index contributed by atoms with van der Waals surface area (Å²) in [6.07, 6.45) is -0.163. The Morgan fingerprint density at radius 2 is 1.90 bits per heavy atom. The van der Waals surface area contributed by atoms with E-state index in [-0.39, 0.29) is 13.0 Å². The number of carbonyl (C=O) groups excluding carboxylic acids is 1. The van der Waals surface area contributed by atoms with Crippen LogP contribution in [-0.4, -0.2) is 46.3 Å². The molecule has 0 saturated heterocycles. The Balaban J connectivity index is 2.88. The first-order valence-electron chi connectivity index (χ1n) is 6.23. The van der Waals surface area contributed by atoms with Gasteiger partial charge in [-0.25, -0.2) is 4.79 Å². The molecule has 0 bridgehead atoms. The summed E-state index contributed by atoms with van der Waals surface area (Å²) >= 11 is 0. The van der Waals surface area contributed by atoms with Crippen molar-refractivity contribution in [3.05, 3.63) is 29.8 Å². The second-order valence-corrected chi connectivity index (χ2v) is 5.19. The zero-order chi connectivity index (χ0) is 15.3. The summed E-state index contributed by atoms with van der Waals surface area (Å²) in [6, 6.07) is 6.34. The molecular weight excluding hydrogens is 260 g/mol. The molecule has 0 fully saturated rings. The molecule has 3 N–H and O–H groups in total. The van der Waals surface area contributed by atoms with Gasteiger partial charge in [-0.2, -0.15) is 0 Å². The summed E-state index contributed by atoms with van der Waals surface area (Å²) < 4.78 is 0. The molecule has 2 amide bonds. The smallest absolute Gasteiger partial charge is 0.322 e. The van der Waals surface area contributed by atoms with Crippen LogP contribution in [0.25, 0.3) is 0 Å². The molecule has 110 valence electrons. The number of amides is 2. The van der Waals surface area contributed by atoms with Gasteiger partial charge in [-0.15, -0.1) is 0 Å². The van der Waals surface area contributed by atoms with Crippen molar-refractivity contribution < 1.29 is 19.8 Å². The molecule has 0 saturated carbocycles. The van der Waals surface area contributed by atoms with E-state index < -0.39 is 17.5 Å². The quantitative estimate of drug-likeness (QED) is 0.763. The van der Waals surface area contributed by atoms with Crippen LogP contribution < -0.4 is 5.32 Å². The largest absolute Gasteiger partial charge is 0.481 e. The van der Waals surface area contributed by atoms with Gasteiger partial charge in [0, 0.05) is 12.7 Å². The molecule has 6 heteroatoms. The fraction of sp³-hybridized carbons (Fsp3) is 0.429. The van der Waals surface area contributed by atoms with E-state index in [1.807, 2.05) is 0 Å². The number of urea groups is 1. The summed E-state index contributed by atoms with van der Waals surface area (Å²) in [7, 11) is 1.57. The SMILES string of the molecule is CN(C(=O)Nc1ccccc1CC(=O)O)C(C)(C)CO. The van der Waals surface area contributed by atoms with Crippen molar-refractivity contribution in [2.24, 2.45) is 0 Å². The third-order valence-corrected chi connectivity index (χ3v) is 3.20. The van der Waals surface area contributed by atoms with E-state index in [0.29, 0.717) is 11.3 Å². The standard InChI is InChI=1S/C14H20N2O4/c1-14(2,9-17)16(3)13(20)15-11-7-5-4-6-10(11)8-12(18)19/h4-7,17H,8-9H2,1-3H3,(H,15,20)(H,18,19). The third kappa shape index (κ3) is 3.96. The Morgan fingerprint density at radius 3 is 2.45 bits per heavy atom. The van der Waals surface area contributed by atoms with E-state index >= 15 is 0 Å². The predicted molar refractivity (Wildman–Crippen MR) is 75.7 cm³/mol. The first-order chi connectivity index (χ1) is 9.27. The summed E-state index contributed by atoms with van der Waals surface area (Å²) in [5.41, 5.74) is 0.287. The van der Waals surface area contributed by atoms with Gasteiger partial charge < -0.3 is 20.4 Å². The van der Waals surface area contributed by atoms with Crippen molar-refractivity contribution >= 4 is 17.7 Å². The minimum Gasteiger partial charge on any atom is -0.481 e. The number of aliphatic hydroxyl groups excluding tert-OH is 1. The monoisotopic (exact) mass is 280 g/mol. The Labute approximate surface area is 118 Å². The highest BCUT2D eigenvalue weighted by Crippen LogP contribution is 2.18. The van der Waals surface area contributed by atoms with Gasteiger partial charge in [0.25, 0.3) is 0 Å². The number of hydrogen-bond acceptors (Lipinski definition) is 3. The van der Waals surface area contributed by atoms with Crippen molar-refractivity contribution in [1.29, 1.82) is 0 Å². The zero-order valence-electron chi connectivity index (χ0n) is 11.9. The summed E-state index contributed by atoms with van der Waals surface area (Å²) in [5.74, 6) is -0.962. The van der Waals surface area contributed by atoms with E-state index in [0.717, 1.165) is 0 Å². The second-order valence-electron chi connectivity index (χ2n) is 5.19. The summed E-state index contributed by atoms with van der Waals surface area (Å²) in [4.78, 5) is 24.3. The lowest BCUT2D eigenvalue weighted by Gasteiger charge is -2.34. The number of carbonyl (C=O) groups is 2. The number of benzene rings is 1. The van der Waals surface area contributed by atoms with Gasteiger partial charge in [0.15, 0.2) is 0 Å². The van der Waals surface area contributed by atoms with E-state index in [1.165, 1.54) is 4.90 Å². The highest BCUT2D eigenvalue weighted by Gasteiger charge is 2.27. The number of carboxylic acid groups (broad SMARTS) is 1. The number of rotatable bonds is 5. The molecule has 6 nitrogen and oxygen atoms in total. The van der Waals surface area contributed by atoms with E-state index in [2.05, 4.69) is 5.32 Å². The van der Waals surface area contributed by atoms with Crippen LogP contribution in [0.3, 0.4) is 0 Å². The van der Waals surface area contributed by atoms with E-state index in [4.69, 9.17) is 5.11 Å². The maximum absolute atomic E-state index is 12.1. The predicted octanol–water partition coefficient (Wildman–Crippen LogP) is 1.55. The molecule has 1 aromatic rings. The van der Waals surface area contributed by atoms with Crippen LogP contribution in [0.5, 0.6) is 0 Å². The Kier molecular flexibility index (Phi) is 5.10. The molecule has 1 aromatic carbocycles. The Hall–Kier alpha value is -2.08. The van der Waals surface area contributed by atoms with Crippen LogP contribution in [-0.2, 0) is 11.2 Å². The van der Waals surface area contributed by atoms with Crippen molar-refractivity contribution in [2.45, 2.75) is 25.8 Å². The van der Waals surface area contributed by atoms with Crippen molar-refractivity contribution in [2.75, 3.05) is 19.0 Å². The Morgan fingerprint density at radius 1 is 1.30 bits per heavy atom. The second kappa shape index (κ2) is 6.38. The fourth-order valence-corrected chi connectivity index (χ4v) is 1.54. The van der Waals surface area contributed by atoms with Gasteiger partial charge in [-0.05, 0) is 25.5 Å². The number of aliphatic carboxylic acids is 1. The molecule has 0 spiro atoms. The minimum atomic E-state index is -0.962. The minimum absolute atomic E-state index is 0.163. The number of aliphatic hydroxyl groups is 1. The highest BCUT2D eigenvalue weighted by molar-refractivity contribution is 5.91. The van der Waals surface area contributed by atoms with Crippen LogP contribution in [0.2, 0.25) is 0 Å². The normalized spacial score (nSPS) is 11.0. The molecule has 0 aliphatic carbocycles. The number of anilines is 1. The fourth-order valence-electron chi connectivity index (χ4n) is 1.54. The van der Waals surface area contributed by atoms with Gasteiger partial charge >= 0.3 is 12.0 Å². The Bertz CT molecular complexity index is 500. The number of carboxylic acids is 1. The summed E-state index contributed by atoms with van der Waals surface area (Å²) in [5, 5.41) is 20.8. The van der Waals surface area contributed by atoms with Gasteiger partial charge in [0.2, 0.25) is 0 Å². The van der Waals surface area contributed by atoms with Gasteiger partial charge in [0.05, 0.1) is 18.6 Å². The maximum atomic E-state index is 12.1. The van der Waals surface area contributed by atoms with Gasteiger partial charge in [-0.3, -0.25) is 4.79 Å². The average molecular weight is 280 g/mol. The molecule has 0 atom stereocenters. The van der Waals surface area contributed by atoms with Crippen LogP contribution in [0.4, 0.5) is 10.5 Å². The number of likely N-dealkylation sites (N-methyl/N-ethyl adjacent to an activating group) is 1.